The van der Waals surface area contributed by atoms with Crippen LogP contribution in [0.5, 0.6) is 0 Å². The molecule has 0 saturated carbocycles. The molecule has 0 spiro atoms. The fraction of sp³-hybridized carbons (Fsp3) is 0.500. The summed E-state index contributed by atoms with van der Waals surface area (Å²) in [5.74, 6) is 0.803. The topological polar surface area (TPSA) is 58.2 Å². The number of carbonyl (C=O) groups is 2. The minimum atomic E-state index is -0.373. The van der Waals surface area contributed by atoms with E-state index in [1.165, 1.54) is 18.9 Å². The molecule has 136 valence electrons. The molecule has 0 unspecified atom stereocenters. The van der Waals surface area contributed by atoms with Gasteiger partial charge in [0.15, 0.2) is 0 Å². The molecular weight excluding hydrogens is 380 g/mol. The number of rotatable bonds is 11. The zero-order chi connectivity index (χ0) is 18.9. The van der Waals surface area contributed by atoms with E-state index in [0.29, 0.717) is 11.5 Å². The third-order valence-electron chi connectivity index (χ3n) is 2.98. The van der Waals surface area contributed by atoms with E-state index in [4.69, 9.17) is 0 Å². The highest BCUT2D eigenvalue weighted by Crippen LogP contribution is 2.36. The van der Waals surface area contributed by atoms with E-state index >= 15 is 0 Å². The van der Waals surface area contributed by atoms with Gasteiger partial charge in [-0.1, -0.05) is 13.2 Å². The number of carbonyl (C=O) groups excluding carboxylic acids is 2. The average Bonchev–Trinajstić information content (AvgIpc) is 2.50. The second kappa shape index (κ2) is 12.3. The molecular formula is C16H26N2O2S4. The van der Waals surface area contributed by atoms with Gasteiger partial charge in [-0.05, 0) is 62.7 Å². The smallest absolute Gasteiger partial charge is 0.211 e. The predicted molar refractivity (Wildman–Crippen MR) is 115 cm³/mol. The standard InChI is InChI=1S/C16H26N2O2S4/c1-9(2)14(23-16(20)13(8-22)17-6)15(10(3)4)24-18-12(7-21)11(5)19/h12-13,17-18,21-22H,1,3,7-8H2,2,4-6H3/b15-14-/t12-,13-/m0/s1. The van der Waals surface area contributed by atoms with Crippen LogP contribution in [0.4, 0.5) is 0 Å². The highest BCUT2D eigenvalue weighted by Gasteiger charge is 2.21. The van der Waals surface area contributed by atoms with Gasteiger partial charge in [-0.2, -0.15) is 25.3 Å². The molecule has 0 fully saturated rings. The third kappa shape index (κ3) is 7.84. The second-order valence-electron chi connectivity index (χ2n) is 5.23. The number of thiol groups is 2. The Balaban J connectivity index is 5.51. The maximum atomic E-state index is 12.4. The van der Waals surface area contributed by atoms with Crippen molar-refractivity contribution >= 4 is 59.9 Å². The zero-order valence-electron chi connectivity index (χ0n) is 14.5. The van der Waals surface area contributed by atoms with Gasteiger partial charge in [0, 0.05) is 21.3 Å². The zero-order valence-corrected chi connectivity index (χ0v) is 17.9. The molecule has 0 radical (unpaired) electrons. The first-order valence-corrected chi connectivity index (χ1v) is 10.2. The number of likely N-dealkylation sites (N-methyl/N-ethyl adjacent to an activating group) is 1. The van der Waals surface area contributed by atoms with E-state index in [-0.39, 0.29) is 23.0 Å². The summed E-state index contributed by atoms with van der Waals surface area (Å²) >= 11 is 10.8. The lowest BCUT2D eigenvalue weighted by Gasteiger charge is -2.19. The minimum absolute atomic E-state index is 0.00416. The average molecular weight is 407 g/mol. The van der Waals surface area contributed by atoms with Crippen molar-refractivity contribution in [3.05, 3.63) is 34.1 Å². The second-order valence-corrected chi connectivity index (χ2v) is 7.82. The largest absolute Gasteiger partial charge is 0.309 e. The highest BCUT2D eigenvalue weighted by molar-refractivity contribution is 8.18. The summed E-state index contributed by atoms with van der Waals surface area (Å²) in [6.07, 6.45) is 0. The van der Waals surface area contributed by atoms with E-state index < -0.39 is 0 Å². The summed E-state index contributed by atoms with van der Waals surface area (Å²) in [6.45, 7) is 13.2. The first-order valence-electron chi connectivity index (χ1n) is 7.29. The Morgan fingerprint density at radius 2 is 1.50 bits per heavy atom. The number of ketones is 1. The number of thioether (sulfide) groups is 1. The van der Waals surface area contributed by atoms with Gasteiger partial charge < -0.3 is 5.32 Å². The van der Waals surface area contributed by atoms with E-state index in [9.17, 15) is 9.59 Å². The van der Waals surface area contributed by atoms with Crippen LogP contribution < -0.4 is 10.0 Å². The third-order valence-corrected chi connectivity index (χ3v) is 6.24. The van der Waals surface area contributed by atoms with Gasteiger partial charge in [-0.15, -0.1) is 0 Å². The summed E-state index contributed by atoms with van der Waals surface area (Å²) in [4.78, 5) is 25.5. The highest BCUT2D eigenvalue weighted by atomic mass is 32.2. The molecule has 0 aromatic carbocycles. The van der Waals surface area contributed by atoms with Crippen LogP contribution in [0.1, 0.15) is 20.8 Å². The van der Waals surface area contributed by atoms with E-state index in [0.717, 1.165) is 32.7 Å². The fourth-order valence-electron chi connectivity index (χ4n) is 1.49. The van der Waals surface area contributed by atoms with Crippen LogP contribution in [-0.2, 0) is 9.59 Å². The van der Waals surface area contributed by atoms with E-state index in [1.54, 1.807) is 7.05 Å². The van der Waals surface area contributed by atoms with Crippen LogP contribution in [0, 0.1) is 0 Å². The summed E-state index contributed by atoms with van der Waals surface area (Å²) in [7, 11) is 1.73. The Morgan fingerprint density at radius 3 is 1.83 bits per heavy atom. The molecule has 0 aliphatic carbocycles. The molecule has 0 heterocycles. The molecule has 0 aromatic rings. The Morgan fingerprint density at radius 1 is 1.00 bits per heavy atom. The van der Waals surface area contributed by atoms with E-state index in [2.05, 4.69) is 48.5 Å². The van der Waals surface area contributed by atoms with Crippen molar-refractivity contribution in [1.29, 1.82) is 0 Å². The SMILES string of the molecule is C=C(C)/C(SN[C@@H](CS)C(C)=O)=C(/SC(=O)[C@H](CS)NC)C(=C)C. The molecule has 0 amide bonds. The van der Waals surface area contributed by atoms with Gasteiger partial charge in [0.25, 0.3) is 0 Å². The van der Waals surface area contributed by atoms with Crippen molar-refractivity contribution in [1.82, 2.24) is 10.0 Å². The van der Waals surface area contributed by atoms with Gasteiger partial charge in [-0.3, -0.25) is 9.59 Å². The summed E-state index contributed by atoms with van der Waals surface area (Å²) in [5, 5.41) is 2.90. The molecule has 0 aliphatic rings. The van der Waals surface area contributed by atoms with Crippen LogP contribution in [0.25, 0.3) is 0 Å². The van der Waals surface area contributed by atoms with Gasteiger partial charge in [0.05, 0.1) is 12.1 Å². The maximum Gasteiger partial charge on any atom is 0.211 e. The molecule has 0 aromatic heterocycles. The Hall–Kier alpha value is -0.120. The summed E-state index contributed by atoms with van der Waals surface area (Å²) < 4.78 is 3.09. The summed E-state index contributed by atoms with van der Waals surface area (Å²) in [6, 6.07) is -0.721. The van der Waals surface area contributed by atoms with Crippen molar-refractivity contribution in [2.24, 2.45) is 0 Å². The molecule has 0 saturated heterocycles. The lowest BCUT2D eigenvalue weighted by molar-refractivity contribution is -0.118. The quantitative estimate of drug-likeness (QED) is 0.240. The lowest BCUT2D eigenvalue weighted by atomic mass is 10.2. The number of allylic oxidation sites excluding steroid dienone is 2. The molecule has 0 aliphatic heterocycles. The van der Waals surface area contributed by atoms with Gasteiger partial charge in [-0.25, -0.2) is 4.72 Å². The molecule has 4 nitrogen and oxygen atoms in total. The Labute approximate surface area is 164 Å². The van der Waals surface area contributed by atoms with Crippen molar-refractivity contribution in [2.45, 2.75) is 32.9 Å². The number of hydrogen-bond donors (Lipinski definition) is 4. The molecule has 2 N–H and O–H groups in total. The molecule has 8 heteroatoms. The van der Waals surface area contributed by atoms with Gasteiger partial charge >= 0.3 is 0 Å². The summed E-state index contributed by atoms with van der Waals surface area (Å²) in [5.41, 5.74) is 1.55. The van der Waals surface area contributed by atoms with Crippen LogP contribution in [0.2, 0.25) is 0 Å². The number of Topliss-reactive ketones (excluding diaryl/α,β-unsaturated/α-hetero) is 1. The van der Waals surface area contributed by atoms with Crippen LogP contribution in [-0.4, -0.2) is 41.5 Å². The lowest BCUT2D eigenvalue weighted by Crippen LogP contribution is -2.34. The molecule has 0 bridgehead atoms. The minimum Gasteiger partial charge on any atom is -0.309 e. The molecule has 0 rings (SSSR count). The van der Waals surface area contributed by atoms with Gasteiger partial charge in [0.1, 0.15) is 5.78 Å². The van der Waals surface area contributed by atoms with Crippen molar-refractivity contribution in [3.8, 4) is 0 Å². The molecule has 24 heavy (non-hydrogen) atoms. The maximum absolute atomic E-state index is 12.4. The van der Waals surface area contributed by atoms with Crippen molar-refractivity contribution < 1.29 is 9.59 Å². The van der Waals surface area contributed by atoms with Crippen LogP contribution in [0.15, 0.2) is 34.1 Å². The first-order chi connectivity index (χ1) is 11.2. The van der Waals surface area contributed by atoms with Crippen molar-refractivity contribution in [3.63, 3.8) is 0 Å². The fourth-order valence-corrected chi connectivity index (χ4v) is 4.62. The normalized spacial score (nSPS) is 14.6. The van der Waals surface area contributed by atoms with Gasteiger partial charge in [0.2, 0.25) is 5.12 Å². The Kier molecular flexibility index (Phi) is 12.2. The molecule has 2 atom stereocenters. The number of nitrogens with one attached hydrogen (secondary N) is 2. The Bertz CT molecular complexity index is 528. The van der Waals surface area contributed by atoms with E-state index in [1.807, 2.05) is 13.8 Å². The van der Waals surface area contributed by atoms with Crippen LogP contribution in [0.3, 0.4) is 0 Å². The van der Waals surface area contributed by atoms with Crippen LogP contribution >= 0.6 is 49.0 Å². The number of hydrogen-bond acceptors (Lipinski definition) is 8. The first kappa shape index (κ1) is 23.9. The predicted octanol–water partition coefficient (Wildman–Crippen LogP) is 3.25. The monoisotopic (exact) mass is 406 g/mol. The van der Waals surface area contributed by atoms with Crippen molar-refractivity contribution in [2.75, 3.05) is 18.6 Å².